The molecule has 74 valence electrons. The molecule has 0 saturated carbocycles. The second kappa shape index (κ2) is 4.46. The average Bonchev–Trinajstić information content (AvgIpc) is 2.15. The molecule has 1 aromatic carbocycles. The number of aryl methyl sites for hydroxylation is 1. The Morgan fingerprint density at radius 2 is 2.21 bits per heavy atom. The number of hydrogen-bond donors (Lipinski definition) is 1. The normalized spacial score (nSPS) is 10.4. The summed E-state index contributed by atoms with van der Waals surface area (Å²) in [5.41, 5.74) is 6.94. The molecule has 1 amide bonds. The van der Waals surface area contributed by atoms with Gasteiger partial charge in [0.25, 0.3) is 0 Å². The molecule has 0 unspecified atom stereocenters. The predicted molar refractivity (Wildman–Crippen MR) is 56.0 cm³/mol. The molecule has 0 heterocycles. The first-order chi connectivity index (χ1) is 6.63. The van der Waals surface area contributed by atoms with E-state index in [1.165, 1.54) is 6.08 Å². The zero-order valence-electron chi connectivity index (χ0n) is 8.28. The summed E-state index contributed by atoms with van der Waals surface area (Å²) in [5, 5.41) is 0. The monoisotopic (exact) mass is 191 g/mol. The number of rotatable bonds is 3. The summed E-state index contributed by atoms with van der Waals surface area (Å²) in [6.45, 7) is 1.94. The first kappa shape index (κ1) is 10.3. The van der Waals surface area contributed by atoms with Gasteiger partial charge in [0, 0.05) is 6.08 Å². The lowest BCUT2D eigenvalue weighted by atomic mass is 10.1. The van der Waals surface area contributed by atoms with Gasteiger partial charge < -0.3 is 10.5 Å². The van der Waals surface area contributed by atoms with Crippen LogP contribution in [0.25, 0.3) is 6.08 Å². The summed E-state index contributed by atoms with van der Waals surface area (Å²) in [5.74, 6) is 0.389. The number of benzene rings is 1. The molecule has 0 spiro atoms. The van der Waals surface area contributed by atoms with Gasteiger partial charge in [-0.15, -0.1) is 0 Å². The van der Waals surface area contributed by atoms with Gasteiger partial charge in [-0.05, 0) is 36.3 Å². The van der Waals surface area contributed by atoms with Gasteiger partial charge >= 0.3 is 0 Å². The largest absolute Gasteiger partial charge is 0.496 e. The maximum Gasteiger partial charge on any atom is 0.241 e. The topological polar surface area (TPSA) is 52.3 Å². The van der Waals surface area contributed by atoms with Crippen LogP contribution in [0.4, 0.5) is 0 Å². The van der Waals surface area contributed by atoms with Crippen molar-refractivity contribution in [1.82, 2.24) is 0 Å². The Hall–Kier alpha value is -1.77. The van der Waals surface area contributed by atoms with E-state index in [-0.39, 0.29) is 0 Å². The third-order valence-corrected chi connectivity index (χ3v) is 1.86. The summed E-state index contributed by atoms with van der Waals surface area (Å²) in [7, 11) is 1.63. The van der Waals surface area contributed by atoms with Crippen molar-refractivity contribution in [2.24, 2.45) is 5.73 Å². The lowest BCUT2D eigenvalue weighted by Crippen LogP contribution is -2.05. The van der Waals surface area contributed by atoms with Crippen molar-refractivity contribution in [1.29, 1.82) is 0 Å². The lowest BCUT2D eigenvalue weighted by molar-refractivity contribution is -0.113. The van der Waals surface area contributed by atoms with Gasteiger partial charge in [-0.1, -0.05) is 6.07 Å². The Labute approximate surface area is 83.2 Å². The van der Waals surface area contributed by atoms with Crippen LogP contribution in [-0.2, 0) is 4.79 Å². The minimum atomic E-state index is -0.446. The summed E-state index contributed by atoms with van der Waals surface area (Å²) in [6.07, 6.45) is 3.01. The first-order valence-electron chi connectivity index (χ1n) is 4.25. The van der Waals surface area contributed by atoms with Crippen LogP contribution in [0.5, 0.6) is 5.75 Å². The molecule has 0 aromatic heterocycles. The summed E-state index contributed by atoms with van der Waals surface area (Å²) in [4.78, 5) is 10.5. The summed E-state index contributed by atoms with van der Waals surface area (Å²) in [6, 6.07) is 5.65. The standard InChI is InChI=1S/C11H13NO2/c1-8-7-9(4-6-11(12)13)3-5-10(8)14-2/h3-7H,1-2H3,(H2,12,13). The van der Waals surface area contributed by atoms with Gasteiger partial charge in [0.05, 0.1) is 7.11 Å². The van der Waals surface area contributed by atoms with Crippen molar-refractivity contribution in [3.05, 3.63) is 35.4 Å². The van der Waals surface area contributed by atoms with Crippen LogP contribution in [0.2, 0.25) is 0 Å². The molecule has 0 fully saturated rings. The molecule has 0 aliphatic rings. The fourth-order valence-electron chi connectivity index (χ4n) is 1.18. The highest BCUT2D eigenvalue weighted by Crippen LogP contribution is 2.18. The number of primary amides is 1. The zero-order valence-corrected chi connectivity index (χ0v) is 8.28. The molecule has 3 nitrogen and oxygen atoms in total. The molecule has 0 aliphatic carbocycles. The van der Waals surface area contributed by atoms with Crippen LogP contribution >= 0.6 is 0 Å². The molecule has 0 saturated heterocycles. The molecule has 14 heavy (non-hydrogen) atoms. The summed E-state index contributed by atoms with van der Waals surface area (Å²) < 4.78 is 5.11. The van der Waals surface area contributed by atoms with Crippen molar-refractivity contribution in [3.8, 4) is 5.75 Å². The number of methoxy groups -OCH3 is 1. The second-order valence-electron chi connectivity index (χ2n) is 2.96. The summed E-state index contributed by atoms with van der Waals surface area (Å²) >= 11 is 0. The quantitative estimate of drug-likeness (QED) is 0.736. The van der Waals surface area contributed by atoms with Gasteiger partial charge in [-0.25, -0.2) is 0 Å². The lowest BCUT2D eigenvalue weighted by Gasteiger charge is -2.04. The van der Waals surface area contributed by atoms with Crippen LogP contribution < -0.4 is 10.5 Å². The third-order valence-electron chi connectivity index (χ3n) is 1.86. The Bertz CT molecular complexity index is 370. The highest BCUT2D eigenvalue weighted by Gasteiger charge is 1.97. The number of amides is 1. The average molecular weight is 191 g/mol. The fraction of sp³-hybridized carbons (Fsp3) is 0.182. The van der Waals surface area contributed by atoms with Crippen molar-refractivity contribution in [2.75, 3.05) is 7.11 Å². The number of carbonyl (C=O) groups excluding carboxylic acids is 1. The van der Waals surface area contributed by atoms with Crippen LogP contribution in [0, 0.1) is 6.92 Å². The smallest absolute Gasteiger partial charge is 0.241 e. The van der Waals surface area contributed by atoms with Gasteiger partial charge in [0.1, 0.15) is 5.75 Å². The van der Waals surface area contributed by atoms with Crippen molar-refractivity contribution in [3.63, 3.8) is 0 Å². The SMILES string of the molecule is COc1ccc(C=CC(N)=O)cc1C. The van der Waals surface area contributed by atoms with Crippen LogP contribution in [0.1, 0.15) is 11.1 Å². The van der Waals surface area contributed by atoms with Crippen molar-refractivity contribution >= 4 is 12.0 Å². The van der Waals surface area contributed by atoms with Gasteiger partial charge in [0.2, 0.25) is 5.91 Å². The Kier molecular flexibility index (Phi) is 3.29. The second-order valence-corrected chi connectivity index (χ2v) is 2.96. The molecule has 1 aromatic rings. The number of nitrogens with two attached hydrogens (primary N) is 1. The molecule has 0 aliphatic heterocycles. The molecular formula is C11H13NO2. The van der Waals surface area contributed by atoms with E-state index in [1.54, 1.807) is 13.2 Å². The van der Waals surface area contributed by atoms with Crippen LogP contribution in [0.15, 0.2) is 24.3 Å². The number of carbonyl (C=O) groups is 1. The highest BCUT2D eigenvalue weighted by atomic mass is 16.5. The third kappa shape index (κ3) is 2.62. The van der Waals surface area contributed by atoms with Crippen LogP contribution in [-0.4, -0.2) is 13.0 Å². The van der Waals surface area contributed by atoms with Gasteiger partial charge in [0.15, 0.2) is 0 Å². The Morgan fingerprint density at radius 1 is 1.50 bits per heavy atom. The van der Waals surface area contributed by atoms with E-state index < -0.39 is 5.91 Å². The number of ether oxygens (including phenoxy) is 1. The minimum absolute atomic E-state index is 0.446. The maximum atomic E-state index is 10.5. The van der Waals surface area contributed by atoms with Gasteiger partial charge in [-0.2, -0.15) is 0 Å². The minimum Gasteiger partial charge on any atom is -0.496 e. The van der Waals surface area contributed by atoms with E-state index in [2.05, 4.69) is 0 Å². The van der Waals surface area contributed by atoms with E-state index in [0.717, 1.165) is 16.9 Å². The molecule has 1 rings (SSSR count). The van der Waals surface area contributed by atoms with Gasteiger partial charge in [-0.3, -0.25) is 4.79 Å². The maximum absolute atomic E-state index is 10.5. The van der Waals surface area contributed by atoms with E-state index in [9.17, 15) is 4.79 Å². The first-order valence-corrected chi connectivity index (χ1v) is 4.25. The Balaban J connectivity index is 2.91. The molecule has 0 atom stereocenters. The van der Waals surface area contributed by atoms with Crippen molar-refractivity contribution < 1.29 is 9.53 Å². The number of hydrogen-bond acceptors (Lipinski definition) is 2. The predicted octanol–water partition coefficient (Wildman–Crippen LogP) is 1.50. The molecule has 0 bridgehead atoms. The Morgan fingerprint density at radius 3 is 2.71 bits per heavy atom. The molecule has 0 radical (unpaired) electrons. The van der Waals surface area contributed by atoms with E-state index >= 15 is 0 Å². The fourth-order valence-corrected chi connectivity index (χ4v) is 1.18. The zero-order chi connectivity index (χ0) is 10.6. The molecular weight excluding hydrogens is 178 g/mol. The highest BCUT2D eigenvalue weighted by molar-refractivity contribution is 5.90. The van der Waals surface area contributed by atoms with E-state index in [0.29, 0.717) is 0 Å². The molecule has 2 N–H and O–H groups in total. The van der Waals surface area contributed by atoms with Crippen molar-refractivity contribution in [2.45, 2.75) is 6.92 Å². The van der Waals surface area contributed by atoms with E-state index in [4.69, 9.17) is 10.5 Å². The van der Waals surface area contributed by atoms with E-state index in [1.807, 2.05) is 25.1 Å². The molecule has 3 heteroatoms. The van der Waals surface area contributed by atoms with Crippen LogP contribution in [0.3, 0.4) is 0 Å².